The highest BCUT2D eigenvalue weighted by molar-refractivity contribution is 5.88. The highest BCUT2D eigenvalue weighted by Gasteiger charge is 2.37. The standard InChI is InChI=1S/C13H19NO7/c1-20-10(15)6-14(7-11(16)21-2)12(17)8-3-4-9(5-8)13(18)19/h8-9H,3-7H2,1-2H3,(H,18,19). The molecule has 1 rings (SSSR count). The number of carbonyl (C=O) groups is 4. The lowest BCUT2D eigenvalue weighted by molar-refractivity contribution is -0.154. The summed E-state index contributed by atoms with van der Waals surface area (Å²) in [6, 6.07) is 0. The predicted octanol–water partition coefficient (Wildman–Crippen LogP) is -0.338. The molecule has 0 saturated heterocycles. The first-order chi connectivity index (χ1) is 9.88. The first-order valence-electron chi connectivity index (χ1n) is 6.54. The van der Waals surface area contributed by atoms with Crippen molar-refractivity contribution in [1.82, 2.24) is 4.90 Å². The second-order valence-corrected chi connectivity index (χ2v) is 4.89. The number of hydrogen-bond acceptors (Lipinski definition) is 6. The SMILES string of the molecule is COC(=O)CN(CC(=O)OC)C(=O)C1CCC(C(=O)O)C1. The fourth-order valence-electron chi connectivity index (χ4n) is 2.34. The number of hydrogen-bond donors (Lipinski definition) is 1. The van der Waals surface area contributed by atoms with Crippen LogP contribution in [-0.2, 0) is 28.7 Å². The maximum atomic E-state index is 12.3. The van der Waals surface area contributed by atoms with Crippen molar-refractivity contribution >= 4 is 23.8 Å². The van der Waals surface area contributed by atoms with Gasteiger partial charge in [-0.05, 0) is 19.3 Å². The third kappa shape index (κ3) is 4.73. The molecule has 1 amide bonds. The number of carbonyl (C=O) groups excluding carboxylic acids is 3. The van der Waals surface area contributed by atoms with Crippen LogP contribution in [-0.4, -0.2) is 61.1 Å². The van der Waals surface area contributed by atoms with Crippen LogP contribution in [0.5, 0.6) is 0 Å². The molecule has 8 nitrogen and oxygen atoms in total. The van der Waals surface area contributed by atoms with Gasteiger partial charge in [0.15, 0.2) is 0 Å². The second-order valence-electron chi connectivity index (χ2n) is 4.89. The Morgan fingerprint density at radius 1 is 1.00 bits per heavy atom. The molecule has 0 aromatic heterocycles. The number of methoxy groups -OCH3 is 2. The Hall–Kier alpha value is -2.12. The van der Waals surface area contributed by atoms with E-state index in [4.69, 9.17) is 5.11 Å². The van der Waals surface area contributed by atoms with Crippen molar-refractivity contribution in [1.29, 1.82) is 0 Å². The lowest BCUT2D eigenvalue weighted by Gasteiger charge is -2.23. The van der Waals surface area contributed by atoms with Gasteiger partial charge >= 0.3 is 17.9 Å². The Balaban J connectivity index is 2.72. The molecular weight excluding hydrogens is 282 g/mol. The van der Waals surface area contributed by atoms with Crippen molar-refractivity contribution < 1.29 is 33.8 Å². The van der Waals surface area contributed by atoms with Crippen LogP contribution in [0.4, 0.5) is 0 Å². The van der Waals surface area contributed by atoms with E-state index in [-0.39, 0.29) is 19.5 Å². The molecule has 21 heavy (non-hydrogen) atoms. The zero-order chi connectivity index (χ0) is 16.0. The molecule has 0 aliphatic heterocycles. The smallest absolute Gasteiger partial charge is 0.325 e. The summed E-state index contributed by atoms with van der Waals surface area (Å²) in [6.45, 7) is -0.725. The van der Waals surface area contributed by atoms with Crippen molar-refractivity contribution in [2.45, 2.75) is 19.3 Å². The molecule has 2 atom stereocenters. The molecule has 1 fully saturated rings. The molecule has 1 N–H and O–H groups in total. The van der Waals surface area contributed by atoms with E-state index in [1.54, 1.807) is 0 Å². The number of nitrogens with zero attached hydrogens (tertiary/aromatic N) is 1. The number of aliphatic carboxylic acids is 1. The molecule has 1 saturated carbocycles. The molecule has 0 spiro atoms. The number of carboxylic acids is 1. The van der Waals surface area contributed by atoms with Crippen LogP contribution >= 0.6 is 0 Å². The van der Waals surface area contributed by atoms with Crippen LogP contribution in [0.3, 0.4) is 0 Å². The van der Waals surface area contributed by atoms with Gasteiger partial charge in [0.25, 0.3) is 0 Å². The normalized spacial score (nSPS) is 20.7. The summed E-state index contributed by atoms with van der Waals surface area (Å²) in [6.07, 6.45) is 1.05. The predicted molar refractivity (Wildman–Crippen MR) is 69.1 cm³/mol. The molecule has 0 aromatic carbocycles. The molecule has 0 aromatic rings. The van der Waals surface area contributed by atoms with Crippen molar-refractivity contribution in [2.75, 3.05) is 27.3 Å². The summed E-state index contributed by atoms with van der Waals surface area (Å²) in [4.78, 5) is 46.9. The molecule has 118 valence electrons. The number of esters is 2. The van der Waals surface area contributed by atoms with Gasteiger partial charge in [0.2, 0.25) is 5.91 Å². The van der Waals surface area contributed by atoms with Crippen LogP contribution in [0, 0.1) is 11.8 Å². The third-order valence-electron chi connectivity index (χ3n) is 3.54. The fourth-order valence-corrected chi connectivity index (χ4v) is 2.34. The van der Waals surface area contributed by atoms with E-state index in [1.807, 2.05) is 0 Å². The Morgan fingerprint density at radius 2 is 1.48 bits per heavy atom. The zero-order valence-electron chi connectivity index (χ0n) is 12.0. The summed E-state index contributed by atoms with van der Waals surface area (Å²) < 4.78 is 8.98. The monoisotopic (exact) mass is 301 g/mol. The quantitative estimate of drug-likeness (QED) is 0.668. The van der Waals surface area contributed by atoms with E-state index < -0.39 is 35.7 Å². The van der Waals surface area contributed by atoms with Gasteiger partial charge in [-0.25, -0.2) is 0 Å². The topological polar surface area (TPSA) is 110 Å². The lowest BCUT2D eigenvalue weighted by atomic mass is 10.0. The van der Waals surface area contributed by atoms with E-state index in [0.29, 0.717) is 12.8 Å². The van der Waals surface area contributed by atoms with Crippen LogP contribution in [0.15, 0.2) is 0 Å². The van der Waals surface area contributed by atoms with Crippen molar-refractivity contribution in [2.24, 2.45) is 11.8 Å². The van der Waals surface area contributed by atoms with Gasteiger partial charge in [0.1, 0.15) is 13.1 Å². The van der Waals surface area contributed by atoms with Gasteiger partial charge in [0.05, 0.1) is 20.1 Å². The zero-order valence-corrected chi connectivity index (χ0v) is 12.0. The van der Waals surface area contributed by atoms with Crippen LogP contribution < -0.4 is 0 Å². The van der Waals surface area contributed by atoms with Gasteiger partial charge in [-0.15, -0.1) is 0 Å². The Morgan fingerprint density at radius 3 is 1.86 bits per heavy atom. The molecule has 0 bridgehead atoms. The number of rotatable bonds is 6. The Bertz CT molecular complexity index is 416. The van der Waals surface area contributed by atoms with E-state index in [0.717, 1.165) is 4.90 Å². The fraction of sp³-hybridized carbons (Fsp3) is 0.692. The minimum atomic E-state index is -0.933. The average Bonchev–Trinajstić information content (AvgIpc) is 2.95. The number of amides is 1. The molecule has 1 aliphatic carbocycles. The molecule has 0 heterocycles. The average molecular weight is 301 g/mol. The molecular formula is C13H19NO7. The van der Waals surface area contributed by atoms with Crippen LogP contribution in [0.25, 0.3) is 0 Å². The Kier molecular flexibility index (Phi) is 6.13. The number of ether oxygens (including phenoxy) is 2. The summed E-state index contributed by atoms with van der Waals surface area (Å²) in [7, 11) is 2.36. The van der Waals surface area contributed by atoms with Gasteiger partial charge in [0, 0.05) is 5.92 Å². The second kappa shape index (κ2) is 7.61. The van der Waals surface area contributed by atoms with Gasteiger partial charge in [-0.3, -0.25) is 19.2 Å². The third-order valence-corrected chi connectivity index (χ3v) is 3.54. The highest BCUT2D eigenvalue weighted by Crippen LogP contribution is 2.32. The maximum Gasteiger partial charge on any atom is 0.325 e. The minimum Gasteiger partial charge on any atom is -0.481 e. The van der Waals surface area contributed by atoms with Gasteiger partial charge in [-0.2, -0.15) is 0 Å². The van der Waals surface area contributed by atoms with E-state index in [1.165, 1.54) is 14.2 Å². The summed E-state index contributed by atoms with van der Waals surface area (Å²) in [5.74, 6) is -3.72. The molecule has 0 radical (unpaired) electrons. The van der Waals surface area contributed by atoms with Crippen molar-refractivity contribution in [3.8, 4) is 0 Å². The first-order valence-corrected chi connectivity index (χ1v) is 6.54. The van der Waals surface area contributed by atoms with E-state index in [9.17, 15) is 19.2 Å². The van der Waals surface area contributed by atoms with Crippen LogP contribution in [0.1, 0.15) is 19.3 Å². The highest BCUT2D eigenvalue weighted by atomic mass is 16.5. The number of carboxylic acid groups (broad SMARTS) is 1. The molecule has 1 aliphatic rings. The summed E-state index contributed by atoms with van der Waals surface area (Å²) in [5, 5.41) is 8.95. The van der Waals surface area contributed by atoms with Gasteiger partial charge in [-0.1, -0.05) is 0 Å². The van der Waals surface area contributed by atoms with Crippen molar-refractivity contribution in [3.63, 3.8) is 0 Å². The first kappa shape index (κ1) is 16.9. The van der Waals surface area contributed by atoms with E-state index >= 15 is 0 Å². The van der Waals surface area contributed by atoms with Crippen molar-refractivity contribution in [3.05, 3.63) is 0 Å². The lowest BCUT2D eigenvalue weighted by Crippen LogP contribution is -2.43. The Labute approximate surface area is 122 Å². The largest absolute Gasteiger partial charge is 0.481 e. The molecule has 2 unspecified atom stereocenters. The summed E-state index contributed by atoms with van der Waals surface area (Å²) in [5.41, 5.74) is 0. The van der Waals surface area contributed by atoms with E-state index in [2.05, 4.69) is 9.47 Å². The van der Waals surface area contributed by atoms with Crippen LogP contribution in [0.2, 0.25) is 0 Å². The minimum absolute atomic E-state index is 0.215. The molecule has 8 heteroatoms. The van der Waals surface area contributed by atoms with Gasteiger partial charge < -0.3 is 19.5 Å². The summed E-state index contributed by atoms with van der Waals surface area (Å²) >= 11 is 0. The maximum absolute atomic E-state index is 12.3.